The third-order valence-electron chi connectivity index (χ3n) is 5.39. The summed E-state index contributed by atoms with van der Waals surface area (Å²) in [5, 5.41) is 15.8. The Bertz CT molecular complexity index is 1140. The molecule has 4 N–H and O–H groups in total. The van der Waals surface area contributed by atoms with Crippen molar-refractivity contribution < 1.29 is 5.11 Å². The molecule has 3 aromatic rings. The largest absolute Gasteiger partial charge is 0.494 e. The number of halogens is 1. The van der Waals surface area contributed by atoms with E-state index in [0.717, 1.165) is 28.6 Å². The van der Waals surface area contributed by atoms with E-state index in [9.17, 15) is 14.7 Å². The lowest BCUT2D eigenvalue weighted by Crippen LogP contribution is -2.39. The van der Waals surface area contributed by atoms with Crippen LogP contribution in [0.15, 0.2) is 27.8 Å². The number of aromatic hydroxyl groups is 1. The highest BCUT2D eigenvalue weighted by Gasteiger charge is 2.31. The summed E-state index contributed by atoms with van der Waals surface area (Å²) in [6.07, 6.45) is 1.42. The van der Waals surface area contributed by atoms with E-state index in [1.54, 1.807) is 0 Å². The zero-order valence-corrected chi connectivity index (χ0v) is 15.9. The van der Waals surface area contributed by atoms with Crippen LogP contribution >= 0.6 is 11.6 Å². The second kappa shape index (κ2) is 6.58. The first-order chi connectivity index (χ1) is 12.9. The van der Waals surface area contributed by atoms with Gasteiger partial charge in [0.15, 0.2) is 0 Å². The van der Waals surface area contributed by atoms with Gasteiger partial charge in [0.1, 0.15) is 5.56 Å². The van der Waals surface area contributed by atoms with Gasteiger partial charge in [0.2, 0.25) is 5.88 Å². The number of fused-ring (bicyclic) bond motifs is 3. The van der Waals surface area contributed by atoms with Gasteiger partial charge in [0.25, 0.3) is 5.56 Å². The molecule has 1 aliphatic heterocycles. The van der Waals surface area contributed by atoms with E-state index in [-0.39, 0.29) is 17.5 Å². The average molecular weight is 389 g/mol. The third kappa shape index (κ3) is 2.78. The monoisotopic (exact) mass is 388 g/mol. The molecule has 0 radical (unpaired) electrons. The number of H-pyrrole nitrogens is 2. The van der Waals surface area contributed by atoms with E-state index in [1.165, 1.54) is 4.57 Å². The Balaban J connectivity index is 1.96. The number of hydrogen-bond acceptors (Lipinski definition) is 4. The summed E-state index contributed by atoms with van der Waals surface area (Å²) in [5.41, 5.74) is 1.76. The van der Waals surface area contributed by atoms with Crippen LogP contribution in [-0.2, 0) is 6.42 Å². The third-order valence-corrected chi connectivity index (χ3v) is 5.62. The standard InChI is InChI=1S/C19H21ClN4O3/c1-3-9(2)24-18(26)14(17(25)23-19(24)27)16-15-11(6-7-21-16)12-8-10(20)4-5-13(12)22-15/h4-5,8-9,16,21-22,26H,3,6-7H2,1-2H3,(H,23,25,27). The normalized spacial score (nSPS) is 17.8. The molecule has 0 aliphatic carbocycles. The number of nitrogens with zero attached hydrogens (tertiary/aromatic N) is 1. The van der Waals surface area contributed by atoms with Crippen LogP contribution in [0.4, 0.5) is 0 Å². The summed E-state index contributed by atoms with van der Waals surface area (Å²) >= 11 is 6.15. The van der Waals surface area contributed by atoms with E-state index in [0.29, 0.717) is 18.0 Å². The molecule has 1 aromatic carbocycles. The summed E-state index contributed by atoms with van der Waals surface area (Å²) in [4.78, 5) is 30.5. The first-order valence-corrected chi connectivity index (χ1v) is 9.41. The van der Waals surface area contributed by atoms with Gasteiger partial charge in [-0.05, 0) is 43.5 Å². The number of hydrogen-bond donors (Lipinski definition) is 4. The molecule has 0 saturated carbocycles. The highest BCUT2D eigenvalue weighted by atomic mass is 35.5. The Labute approximate surface area is 160 Å². The highest BCUT2D eigenvalue weighted by molar-refractivity contribution is 6.31. The number of aromatic nitrogens is 3. The van der Waals surface area contributed by atoms with Gasteiger partial charge in [-0.25, -0.2) is 4.79 Å². The molecule has 0 fully saturated rings. The fourth-order valence-corrected chi connectivity index (χ4v) is 4.02. The van der Waals surface area contributed by atoms with Crippen molar-refractivity contribution in [1.82, 2.24) is 19.9 Å². The molecular weight excluding hydrogens is 368 g/mol. The molecule has 4 rings (SSSR count). The van der Waals surface area contributed by atoms with Crippen LogP contribution in [0.1, 0.15) is 49.2 Å². The molecule has 3 heterocycles. The van der Waals surface area contributed by atoms with E-state index < -0.39 is 17.3 Å². The van der Waals surface area contributed by atoms with E-state index in [4.69, 9.17) is 11.6 Å². The Morgan fingerprint density at radius 2 is 2.11 bits per heavy atom. The van der Waals surface area contributed by atoms with Gasteiger partial charge < -0.3 is 15.4 Å². The lowest BCUT2D eigenvalue weighted by Gasteiger charge is -2.26. The van der Waals surface area contributed by atoms with Crippen molar-refractivity contribution in [2.75, 3.05) is 6.54 Å². The maximum atomic E-state index is 12.6. The highest BCUT2D eigenvalue weighted by Crippen LogP contribution is 2.36. The van der Waals surface area contributed by atoms with Crippen LogP contribution in [0.5, 0.6) is 5.88 Å². The van der Waals surface area contributed by atoms with Crippen LogP contribution in [0.25, 0.3) is 10.9 Å². The van der Waals surface area contributed by atoms with E-state index >= 15 is 0 Å². The Kier molecular flexibility index (Phi) is 4.36. The SMILES string of the molecule is CCC(C)n1c(O)c(C2NCCc3c2[nH]c2ccc(Cl)cc32)c(=O)[nH]c1=O. The van der Waals surface area contributed by atoms with Crippen LogP contribution in [0.3, 0.4) is 0 Å². The van der Waals surface area contributed by atoms with Crippen molar-refractivity contribution in [2.45, 2.75) is 38.8 Å². The molecule has 0 amide bonds. The van der Waals surface area contributed by atoms with Crippen LogP contribution in [-0.4, -0.2) is 26.2 Å². The number of rotatable bonds is 3. The lowest BCUT2D eigenvalue weighted by atomic mass is 9.95. The second-order valence-corrected chi connectivity index (χ2v) is 7.40. The van der Waals surface area contributed by atoms with E-state index in [2.05, 4.69) is 15.3 Å². The molecule has 8 heteroatoms. The minimum Gasteiger partial charge on any atom is -0.494 e. The zero-order valence-electron chi connectivity index (χ0n) is 15.1. The summed E-state index contributed by atoms with van der Waals surface area (Å²) in [7, 11) is 0. The molecule has 142 valence electrons. The van der Waals surface area contributed by atoms with Gasteiger partial charge >= 0.3 is 5.69 Å². The summed E-state index contributed by atoms with van der Waals surface area (Å²) in [6, 6.07) is 4.83. The smallest absolute Gasteiger partial charge is 0.331 e. The first kappa shape index (κ1) is 17.9. The quantitative estimate of drug-likeness (QED) is 0.553. The minimum absolute atomic E-state index is 0.147. The van der Waals surface area contributed by atoms with Gasteiger partial charge in [-0.3, -0.25) is 14.3 Å². The molecule has 7 nitrogen and oxygen atoms in total. The molecule has 0 spiro atoms. The molecule has 2 atom stereocenters. The summed E-state index contributed by atoms with van der Waals surface area (Å²) in [5.74, 6) is -0.292. The Morgan fingerprint density at radius 1 is 1.33 bits per heavy atom. The number of aromatic amines is 2. The van der Waals surface area contributed by atoms with Crippen molar-refractivity contribution in [2.24, 2.45) is 0 Å². The van der Waals surface area contributed by atoms with Gasteiger partial charge in [0.05, 0.1) is 6.04 Å². The molecular formula is C19H21ClN4O3. The van der Waals surface area contributed by atoms with Crippen molar-refractivity contribution >= 4 is 22.5 Å². The molecule has 0 bridgehead atoms. The predicted octanol–water partition coefficient (Wildman–Crippen LogP) is 2.58. The number of benzene rings is 1. The molecule has 2 aromatic heterocycles. The van der Waals surface area contributed by atoms with Crippen LogP contribution < -0.4 is 16.6 Å². The van der Waals surface area contributed by atoms with Crippen LogP contribution in [0.2, 0.25) is 5.02 Å². The fraction of sp³-hybridized carbons (Fsp3) is 0.368. The van der Waals surface area contributed by atoms with Crippen molar-refractivity contribution in [3.05, 3.63) is 60.9 Å². The molecule has 0 saturated heterocycles. The van der Waals surface area contributed by atoms with E-state index in [1.807, 2.05) is 32.0 Å². The first-order valence-electron chi connectivity index (χ1n) is 9.03. The lowest BCUT2D eigenvalue weighted by molar-refractivity contribution is 0.353. The zero-order chi connectivity index (χ0) is 19.3. The Hall–Kier alpha value is -2.51. The summed E-state index contributed by atoms with van der Waals surface area (Å²) in [6.45, 7) is 4.38. The van der Waals surface area contributed by atoms with Gasteiger partial charge in [0, 0.05) is 34.2 Å². The minimum atomic E-state index is -0.602. The second-order valence-electron chi connectivity index (χ2n) is 6.97. The molecule has 2 unspecified atom stereocenters. The van der Waals surface area contributed by atoms with Crippen LogP contribution in [0, 0.1) is 0 Å². The maximum absolute atomic E-state index is 12.6. The van der Waals surface area contributed by atoms with Gasteiger partial charge in [-0.2, -0.15) is 0 Å². The van der Waals surface area contributed by atoms with Crippen molar-refractivity contribution in [3.63, 3.8) is 0 Å². The van der Waals surface area contributed by atoms with Crippen molar-refractivity contribution in [1.29, 1.82) is 0 Å². The Morgan fingerprint density at radius 3 is 2.85 bits per heavy atom. The topological polar surface area (TPSA) is 103 Å². The predicted molar refractivity (Wildman–Crippen MR) is 105 cm³/mol. The number of nitrogens with one attached hydrogen (secondary N) is 3. The maximum Gasteiger partial charge on any atom is 0.331 e. The summed E-state index contributed by atoms with van der Waals surface area (Å²) < 4.78 is 1.24. The average Bonchev–Trinajstić information content (AvgIpc) is 3.00. The molecule has 1 aliphatic rings. The van der Waals surface area contributed by atoms with Gasteiger partial charge in [-0.15, -0.1) is 0 Å². The van der Waals surface area contributed by atoms with Crippen molar-refractivity contribution in [3.8, 4) is 5.88 Å². The molecule has 27 heavy (non-hydrogen) atoms. The van der Waals surface area contributed by atoms with Gasteiger partial charge in [-0.1, -0.05) is 18.5 Å². The fourth-order valence-electron chi connectivity index (χ4n) is 3.85.